The van der Waals surface area contributed by atoms with Gasteiger partial charge in [0.1, 0.15) is 6.04 Å². The SMILES string of the molecule is CC(N)=NC(C)c1nn[nH]n1. The standard InChI is InChI=1S/C5H10N6/c1-3(7-4(2)6)5-8-10-11-9-5/h3H,1-2H3,(H2,6,7)(H,8,9,10,11). The molecule has 0 bridgehead atoms. The van der Waals surface area contributed by atoms with Crippen LogP contribution in [0, 0.1) is 0 Å². The first kappa shape index (κ1) is 7.64. The number of hydrogen-bond donors (Lipinski definition) is 2. The highest BCUT2D eigenvalue weighted by atomic mass is 15.5. The Kier molecular flexibility index (Phi) is 2.15. The quantitative estimate of drug-likeness (QED) is 0.449. The van der Waals surface area contributed by atoms with Crippen LogP contribution in [0.1, 0.15) is 25.7 Å². The van der Waals surface area contributed by atoms with Crippen molar-refractivity contribution in [2.75, 3.05) is 0 Å². The zero-order valence-corrected chi connectivity index (χ0v) is 6.44. The smallest absolute Gasteiger partial charge is 0.198 e. The van der Waals surface area contributed by atoms with Crippen molar-refractivity contribution in [2.45, 2.75) is 19.9 Å². The van der Waals surface area contributed by atoms with Crippen LogP contribution in [0.5, 0.6) is 0 Å². The molecule has 1 aromatic heterocycles. The summed E-state index contributed by atoms with van der Waals surface area (Å²) in [5.41, 5.74) is 5.36. The van der Waals surface area contributed by atoms with Gasteiger partial charge in [-0.25, -0.2) is 0 Å². The van der Waals surface area contributed by atoms with Crippen molar-refractivity contribution in [3.8, 4) is 0 Å². The van der Waals surface area contributed by atoms with E-state index in [9.17, 15) is 0 Å². The zero-order chi connectivity index (χ0) is 8.27. The van der Waals surface area contributed by atoms with Crippen molar-refractivity contribution < 1.29 is 0 Å². The van der Waals surface area contributed by atoms with Crippen molar-refractivity contribution in [3.63, 3.8) is 0 Å². The molecule has 0 fully saturated rings. The molecule has 0 saturated heterocycles. The molecule has 0 aliphatic heterocycles. The summed E-state index contributed by atoms with van der Waals surface area (Å²) >= 11 is 0. The molecule has 1 heterocycles. The molecule has 0 spiro atoms. The minimum atomic E-state index is -0.126. The highest BCUT2D eigenvalue weighted by Gasteiger charge is 2.06. The molecule has 0 aliphatic rings. The minimum absolute atomic E-state index is 0.126. The molecule has 1 unspecified atom stereocenters. The summed E-state index contributed by atoms with van der Waals surface area (Å²) in [4.78, 5) is 4.03. The monoisotopic (exact) mass is 154 g/mol. The van der Waals surface area contributed by atoms with Crippen molar-refractivity contribution in [1.29, 1.82) is 0 Å². The van der Waals surface area contributed by atoms with Crippen LogP contribution in [0.2, 0.25) is 0 Å². The Morgan fingerprint density at radius 1 is 1.73 bits per heavy atom. The molecule has 0 aliphatic carbocycles. The van der Waals surface area contributed by atoms with E-state index in [2.05, 4.69) is 25.6 Å². The molecule has 6 nitrogen and oxygen atoms in total. The highest BCUT2D eigenvalue weighted by molar-refractivity contribution is 5.77. The lowest BCUT2D eigenvalue weighted by atomic mass is 10.3. The van der Waals surface area contributed by atoms with E-state index >= 15 is 0 Å². The topological polar surface area (TPSA) is 92.8 Å². The van der Waals surface area contributed by atoms with Crippen LogP contribution in [0.4, 0.5) is 0 Å². The number of nitrogens with two attached hydrogens (primary N) is 1. The normalized spacial score (nSPS) is 14.9. The largest absolute Gasteiger partial charge is 0.388 e. The summed E-state index contributed by atoms with van der Waals surface area (Å²) in [6, 6.07) is -0.126. The summed E-state index contributed by atoms with van der Waals surface area (Å²) in [7, 11) is 0. The van der Waals surface area contributed by atoms with Gasteiger partial charge in [-0.1, -0.05) is 5.21 Å². The number of amidine groups is 1. The third-order valence-corrected chi connectivity index (χ3v) is 1.13. The number of nitrogens with zero attached hydrogens (tertiary/aromatic N) is 4. The molecular weight excluding hydrogens is 144 g/mol. The van der Waals surface area contributed by atoms with Crippen molar-refractivity contribution >= 4 is 5.84 Å². The fourth-order valence-electron chi connectivity index (χ4n) is 0.710. The van der Waals surface area contributed by atoms with Gasteiger partial charge in [0.05, 0.1) is 5.84 Å². The molecular formula is C5H10N6. The lowest BCUT2D eigenvalue weighted by Gasteiger charge is -1.98. The van der Waals surface area contributed by atoms with Crippen molar-refractivity contribution in [3.05, 3.63) is 5.82 Å². The number of aliphatic imine (C=N–C) groups is 1. The maximum Gasteiger partial charge on any atom is 0.198 e. The first-order chi connectivity index (χ1) is 5.20. The average Bonchev–Trinajstić information content (AvgIpc) is 2.35. The predicted molar refractivity (Wildman–Crippen MR) is 39.9 cm³/mol. The van der Waals surface area contributed by atoms with Crippen molar-refractivity contribution in [2.24, 2.45) is 10.7 Å². The van der Waals surface area contributed by atoms with E-state index in [1.165, 1.54) is 0 Å². The van der Waals surface area contributed by atoms with Crippen LogP contribution in [0.15, 0.2) is 4.99 Å². The van der Waals surface area contributed by atoms with Crippen LogP contribution in [0.25, 0.3) is 0 Å². The van der Waals surface area contributed by atoms with Crippen LogP contribution < -0.4 is 5.73 Å². The van der Waals surface area contributed by atoms with Gasteiger partial charge in [0.2, 0.25) is 0 Å². The summed E-state index contributed by atoms with van der Waals surface area (Å²) < 4.78 is 0. The van der Waals surface area contributed by atoms with Crippen LogP contribution in [-0.4, -0.2) is 26.5 Å². The van der Waals surface area contributed by atoms with E-state index < -0.39 is 0 Å². The highest BCUT2D eigenvalue weighted by Crippen LogP contribution is 2.08. The maximum atomic E-state index is 5.36. The summed E-state index contributed by atoms with van der Waals surface area (Å²) in [6.07, 6.45) is 0. The van der Waals surface area contributed by atoms with Crippen LogP contribution in [-0.2, 0) is 0 Å². The molecule has 6 heteroatoms. The number of hydrogen-bond acceptors (Lipinski definition) is 4. The third-order valence-electron chi connectivity index (χ3n) is 1.13. The average molecular weight is 154 g/mol. The number of H-pyrrole nitrogens is 1. The van der Waals surface area contributed by atoms with Crippen LogP contribution in [0.3, 0.4) is 0 Å². The Morgan fingerprint density at radius 2 is 2.45 bits per heavy atom. The number of aromatic nitrogens is 4. The van der Waals surface area contributed by atoms with E-state index in [-0.39, 0.29) is 6.04 Å². The Bertz CT molecular complexity index is 233. The number of nitrogens with one attached hydrogen (secondary N) is 1. The molecule has 60 valence electrons. The Morgan fingerprint density at radius 3 is 2.91 bits per heavy atom. The van der Waals surface area contributed by atoms with E-state index in [1.807, 2.05) is 6.92 Å². The molecule has 0 amide bonds. The fraction of sp³-hybridized carbons (Fsp3) is 0.600. The van der Waals surface area contributed by atoms with Gasteiger partial charge in [0.25, 0.3) is 0 Å². The fourth-order valence-corrected chi connectivity index (χ4v) is 0.710. The Hall–Kier alpha value is -1.46. The second-order valence-corrected chi connectivity index (χ2v) is 2.22. The number of rotatable bonds is 2. The molecule has 0 aromatic carbocycles. The first-order valence-corrected chi connectivity index (χ1v) is 3.23. The van der Waals surface area contributed by atoms with Gasteiger partial charge in [0, 0.05) is 0 Å². The summed E-state index contributed by atoms with van der Waals surface area (Å²) in [6.45, 7) is 3.57. The summed E-state index contributed by atoms with van der Waals surface area (Å²) in [5, 5.41) is 13.3. The lowest BCUT2D eigenvalue weighted by Crippen LogP contribution is -2.07. The second kappa shape index (κ2) is 3.09. The first-order valence-electron chi connectivity index (χ1n) is 3.23. The summed E-state index contributed by atoms with van der Waals surface area (Å²) in [5.74, 6) is 1.07. The van der Waals surface area contributed by atoms with E-state index in [4.69, 9.17) is 5.73 Å². The number of tetrazole rings is 1. The molecule has 1 rings (SSSR count). The Labute approximate surface area is 63.9 Å². The van der Waals surface area contributed by atoms with E-state index in [0.717, 1.165) is 0 Å². The molecule has 0 radical (unpaired) electrons. The minimum Gasteiger partial charge on any atom is -0.388 e. The zero-order valence-electron chi connectivity index (χ0n) is 6.44. The number of aromatic amines is 1. The van der Waals surface area contributed by atoms with E-state index in [1.54, 1.807) is 6.92 Å². The lowest BCUT2D eigenvalue weighted by molar-refractivity contribution is 0.743. The molecule has 11 heavy (non-hydrogen) atoms. The molecule has 0 saturated carbocycles. The molecule has 1 aromatic rings. The van der Waals surface area contributed by atoms with Crippen molar-refractivity contribution in [1.82, 2.24) is 20.6 Å². The van der Waals surface area contributed by atoms with Gasteiger partial charge < -0.3 is 5.73 Å². The molecule has 3 N–H and O–H groups in total. The van der Waals surface area contributed by atoms with Gasteiger partial charge in [0.15, 0.2) is 5.82 Å². The van der Waals surface area contributed by atoms with Crippen LogP contribution >= 0.6 is 0 Å². The van der Waals surface area contributed by atoms with Gasteiger partial charge in [-0.2, -0.15) is 5.21 Å². The van der Waals surface area contributed by atoms with E-state index in [0.29, 0.717) is 11.7 Å². The Balaban J connectivity index is 2.71. The second-order valence-electron chi connectivity index (χ2n) is 2.22. The molecule has 1 atom stereocenters. The van der Waals surface area contributed by atoms with Gasteiger partial charge in [-0.15, -0.1) is 10.2 Å². The maximum absolute atomic E-state index is 5.36. The predicted octanol–water partition coefficient (Wildman–Crippen LogP) is -0.362. The third kappa shape index (κ3) is 1.99. The van der Waals surface area contributed by atoms with Gasteiger partial charge >= 0.3 is 0 Å². The van der Waals surface area contributed by atoms with Gasteiger partial charge in [-0.3, -0.25) is 4.99 Å². The van der Waals surface area contributed by atoms with Gasteiger partial charge in [-0.05, 0) is 13.8 Å².